The van der Waals surface area contributed by atoms with Crippen molar-refractivity contribution in [1.82, 2.24) is 0 Å². The summed E-state index contributed by atoms with van der Waals surface area (Å²) in [5, 5.41) is -0.941. The Kier molecular flexibility index (Phi) is 5.92. The third-order valence-corrected chi connectivity index (χ3v) is 6.75. The normalized spacial score (nSPS) is 12.8. The van der Waals surface area contributed by atoms with Crippen LogP contribution in [0, 0.1) is 20.8 Å². The first-order chi connectivity index (χ1) is 11.6. The van der Waals surface area contributed by atoms with Gasteiger partial charge in [0, 0.05) is 5.56 Å². The average molecular weight is 380 g/mol. The molecule has 0 fully saturated rings. The van der Waals surface area contributed by atoms with Gasteiger partial charge in [-0.1, -0.05) is 42.0 Å². The molecular weight excluding hydrogens is 360 g/mol. The van der Waals surface area contributed by atoms with E-state index >= 15 is 0 Å². The number of carbonyl (C=O) groups excluding carboxylic acids is 1. The lowest BCUT2D eigenvalue weighted by Gasteiger charge is -2.15. The van der Waals surface area contributed by atoms with Crippen molar-refractivity contribution in [2.45, 2.75) is 20.8 Å². The molecule has 2 aromatic carbocycles. The Morgan fingerprint density at radius 3 is 2.20 bits per heavy atom. The lowest BCUT2D eigenvalue weighted by Crippen LogP contribution is -2.21. The molecule has 7 heteroatoms. The first-order valence-electron chi connectivity index (χ1n) is 7.59. The summed E-state index contributed by atoms with van der Waals surface area (Å²) in [6, 6.07) is 10.9. The van der Waals surface area contributed by atoms with Gasteiger partial charge in [0.1, 0.15) is 5.75 Å². The molecule has 1 atom stereocenters. The van der Waals surface area contributed by atoms with Crippen molar-refractivity contribution >= 4 is 26.7 Å². The van der Waals surface area contributed by atoms with Gasteiger partial charge in [0.05, 0.1) is 0 Å². The molecule has 0 bridgehead atoms. The van der Waals surface area contributed by atoms with Crippen LogP contribution in [0.3, 0.4) is 0 Å². The summed E-state index contributed by atoms with van der Waals surface area (Å²) in [7, 11) is -3.95. The maximum Gasteiger partial charge on any atom is 0.178 e. The van der Waals surface area contributed by atoms with Gasteiger partial charge in [-0.05, 0) is 43.0 Å². The van der Waals surface area contributed by atoms with E-state index in [1.165, 1.54) is 0 Å². The number of aryl methyl sites for hydroxylation is 3. The van der Waals surface area contributed by atoms with Crippen molar-refractivity contribution in [3.8, 4) is 11.1 Å². The molecule has 0 spiro atoms. The highest BCUT2D eigenvalue weighted by atomic mass is 32.3. The molecule has 0 saturated heterocycles. The number of hydrogen-bond acceptors (Lipinski definition) is 4. The molecule has 0 saturated carbocycles. The number of sulfone groups is 1. The Bertz CT molecular complexity index is 923. The van der Waals surface area contributed by atoms with E-state index in [1.807, 2.05) is 32.9 Å². The average Bonchev–Trinajstić information content (AvgIpc) is 2.44. The monoisotopic (exact) mass is 380 g/mol. The smallest absolute Gasteiger partial charge is 0.178 e. The highest BCUT2D eigenvalue weighted by molar-refractivity contribution is 8.03. The van der Waals surface area contributed by atoms with Gasteiger partial charge >= 0.3 is 0 Å². The molecule has 0 heterocycles. The fourth-order valence-electron chi connectivity index (χ4n) is 3.02. The van der Waals surface area contributed by atoms with Crippen LogP contribution in [-0.4, -0.2) is 33.8 Å². The largest absolute Gasteiger partial charge is 0.305 e. The van der Waals surface area contributed by atoms with Crippen molar-refractivity contribution in [1.29, 1.82) is 0 Å². The second-order valence-corrected chi connectivity index (χ2v) is 9.43. The van der Waals surface area contributed by atoms with E-state index in [1.54, 1.807) is 24.3 Å². The summed E-state index contributed by atoms with van der Waals surface area (Å²) in [4.78, 5) is 12.6. The Morgan fingerprint density at radius 1 is 1.08 bits per heavy atom. The third-order valence-electron chi connectivity index (χ3n) is 3.81. The lowest BCUT2D eigenvalue weighted by atomic mass is 9.90. The van der Waals surface area contributed by atoms with Crippen LogP contribution in [0.15, 0.2) is 36.4 Å². The van der Waals surface area contributed by atoms with Gasteiger partial charge in [-0.3, -0.25) is 4.79 Å². The van der Waals surface area contributed by atoms with E-state index in [4.69, 9.17) is 4.55 Å². The minimum atomic E-state index is -3.95. The summed E-state index contributed by atoms with van der Waals surface area (Å²) < 4.78 is 43.3. The molecular formula is C18H20O5S2. The quantitative estimate of drug-likeness (QED) is 0.615. The number of Topliss-reactive ketones (excluding diaryl/α,β-unsaturated/α-hetero) is 1. The zero-order valence-electron chi connectivity index (χ0n) is 14.3. The number of benzene rings is 2. The molecule has 2 aromatic rings. The van der Waals surface area contributed by atoms with Crippen molar-refractivity contribution in [2.75, 3.05) is 10.8 Å². The number of carbonyl (C=O) groups is 1. The van der Waals surface area contributed by atoms with Crippen molar-refractivity contribution in [3.63, 3.8) is 0 Å². The van der Waals surface area contributed by atoms with Crippen LogP contribution in [0.1, 0.15) is 27.0 Å². The van der Waals surface area contributed by atoms with Crippen LogP contribution in [0.2, 0.25) is 0 Å². The molecule has 5 nitrogen and oxygen atoms in total. The topological polar surface area (TPSA) is 88.5 Å². The first kappa shape index (κ1) is 19.5. The Labute approximate surface area is 150 Å². The molecule has 0 aromatic heterocycles. The van der Waals surface area contributed by atoms with Gasteiger partial charge in [0.2, 0.25) is 0 Å². The molecule has 1 unspecified atom stereocenters. The molecule has 0 aliphatic heterocycles. The summed E-state index contributed by atoms with van der Waals surface area (Å²) >= 11 is -2.50. The second-order valence-electron chi connectivity index (χ2n) is 6.07. The van der Waals surface area contributed by atoms with Crippen LogP contribution in [0.5, 0.6) is 0 Å². The van der Waals surface area contributed by atoms with Gasteiger partial charge in [-0.15, -0.1) is 0 Å². The molecule has 2 rings (SSSR count). The van der Waals surface area contributed by atoms with E-state index in [2.05, 4.69) is 0 Å². The molecule has 0 aliphatic carbocycles. The van der Waals surface area contributed by atoms with E-state index in [-0.39, 0.29) is 0 Å². The third kappa shape index (κ3) is 4.84. The van der Waals surface area contributed by atoms with Gasteiger partial charge in [0.25, 0.3) is 0 Å². The zero-order valence-corrected chi connectivity index (χ0v) is 15.9. The number of hydrogen-bond donors (Lipinski definition) is 1. The number of rotatable bonds is 6. The van der Waals surface area contributed by atoms with Gasteiger partial charge in [-0.2, -0.15) is 0 Å². The standard InChI is InChI=1S/C18H20O5S2/c1-12-8-13(2)18(14(3)9-12)16-7-5-4-6-15(16)17(19)10-25(22,23)11-24(20)21/h4-9H,10-11H2,1-3H3,(H,20,21). The van der Waals surface area contributed by atoms with Crippen molar-refractivity contribution < 1.29 is 22.0 Å². The SMILES string of the molecule is Cc1cc(C)c(-c2ccccc2C(=O)CS(=O)(=O)CS(=O)O)c(C)c1. The predicted octanol–water partition coefficient (Wildman–Crippen LogP) is 3.06. The van der Waals surface area contributed by atoms with Crippen LogP contribution in [0.25, 0.3) is 11.1 Å². The van der Waals surface area contributed by atoms with E-state index in [0.29, 0.717) is 11.1 Å². The van der Waals surface area contributed by atoms with Gasteiger partial charge < -0.3 is 4.55 Å². The summed E-state index contributed by atoms with van der Waals surface area (Å²) in [6.45, 7) is 5.88. The Balaban J connectivity index is 2.50. The maximum atomic E-state index is 12.6. The second kappa shape index (κ2) is 7.59. The minimum Gasteiger partial charge on any atom is -0.305 e. The van der Waals surface area contributed by atoms with Crippen LogP contribution < -0.4 is 0 Å². The summed E-state index contributed by atoms with van der Waals surface area (Å²) in [5.41, 5.74) is 4.97. The molecule has 0 radical (unpaired) electrons. The van der Waals surface area contributed by atoms with Crippen LogP contribution in [0.4, 0.5) is 0 Å². The Morgan fingerprint density at radius 2 is 1.64 bits per heavy atom. The van der Waals surface area contributed by atoms with Crippen molar-refractivity contribution in [2.24, 2.45) is 0 Å². The summed E-state index contributed by atoms with van der Waals surface area (Å²) in [6.07, 6.45) is 0. The van der Waals surface area contributed by atoms with Gasteiger partial charge in [-0.25, -0.2) is 12.6 Å². The summed E-state index contributed by atoms with van der Waals surface area (Å²) in [5.74, 6) is -1.37. The van der Waals surface area contributed by atoms with Gasteiger partial charge in [0.15, 0.2) is 31.8 Å². The van der Waals surface area contributed by atoms with E-state index < -0.39 is 37.5 Å². The molecule has 0 amide bonds. The highest BCUT2D eigenvalue weighted by Gasteiger charge is 2.23. The first-order valence-corrected chi connectivity index (χ1v) is 10.7. The molecule has 25 heavy (non-hydrogen) atoms. The predicted molar refractivity (Wildman–Crippen MR) is 99.8 cm³/mol. The molecule has 134 valence electrons. The molecule has 0 aliphatic rings. The van der Waals surface area contributed by atoms with Crippen molar-refractivity contribution in [3.05, 3.63) is 58.7 Å². The fraction of sp³-hybridized carbons (Fsp3) is 0.278. The zero-order chi connectivity index (χ0) is 18.8. The van der Waals surface area contributed by atoms with Crippen LogP contribution >= 0.6 is 0 Å². The molecule has 1 N–H and O–H groups in total. The minimum absolute atomic E-state index is 0.296. The maximum absolute atomic E-state index is 12.6. The number of ketones is 1. The fourth-order valence-corrected chi connectivity index (χ4v) is 5.14. The van der Waals surface area contributed by atoms with E-state index in [0.717, 1.165) is 22.3 Å². The van der Waals surface area contributed by atoms with E-state index in [9.17, 15) is 17.4 Å². The highest BCUT2D eigenvalue weighted by Crippen LogP contribution is 2.31. The van der Waals surface area contributed by atoms with Crippen LogP contribution in [-0.2, 0) is 20.9 Å². The Hall–Kier alpha value is -1.83. The lowest BCUT2D eigenvalue weighted by molar-refractivity contribution is 0.102.